The van der Waals surface area contributed by atoms with Crippen molar-refractivity contribution in [2.24, 2.45) is 10.8 Å². The highest BCUT2D eigenvalue weighted by Crippen LogP contribution is 2.50. The summed E-state index contributed by atoms with van der Waals surface area (Å²) in [6, 6.07) is 10.5. The number of carbonyl (C=O) groups excluding carboxylic acids is 1. The summed E-state index contributed by atoms with van der Waals surface area (Å²) < 4.78 is 17.2. The van der Waals surface area contributed by atoms with Crippen LogP contribution < -0.4 is 0 Å². The van der Waals surface area contributed by atoms with Crippen molar-refractivity contribution in [2.45, 2.75) is 110 Å². The van der Waals surface area contributed by atoms with E-state index in [9.17, 15) is 4.79 Å². The number of alkyl halides is 1. The van der Waals surface area contributed by atoms with Crippen LogP contribution in [0.3, 0.4) is 0 Å². The molecule has 1 aromatic carbocycles. The van der Waals surface area contributed by atoms with Gasteiger partial charge in [-0.05, 0) is 85.1 Å². The fourth-order valence-corrected chi connectivity index (χ4v) is 4.23. The molecule has 0 bridgehead atoms. The molecule has 34 heavy (non-hydrogen) atoms. The van der Waals surface area contributed by atoms with Crippen molar-refractivity contribution < 1.29 is 19.0 Å². The van der Waals surface area contributed by atoms with E-state index in [2.05, 4.69) is 67.9 Å². The third-order valence-electron chi connectivity index (χ3n) is 7.63. The number of hydrogen-bond donors (Lipinski definition) is 0. The highest BCUT2D eigenvalue weighted by molar-refractivity contribution is 9.10. The fourth-order valence-electron chi connectivity index (χ4n) is 3.80. The molecule has 1 rings (SSSR count). The molecule has 0 radical (unpaired) electrons. The first-order valence-corrected chi connectivity index (χ1v) is 13.2. The van der Waals surface area contributed by atoms with Crippen molar-refractivity contribution in [3.8, 4) is 0 Å². The number of methoxy groups -OCH3 is 1. The van der Waals surface area contributed by atoms with E-state index < -0.39 is 5.41 Å². The lowest BCUT2D eigenvalue weighted by molar-refractivity contribution is -0.163. The molecular formula is C29H49BrO4. The third kappa shape index (κ3) is 9.28. The van der Waals surface area contributed by atoms with Crippen molar-refractivity contribution in [3.63, 3.8) is 0 Å². The quantitative estimate of drug-likeness (QED) is 0.177. The second-order valence-corrected chi connectivity index (χ2v) is 14.5. The lowest BCUT2D eigenvalue weighted by Crippen LogP contribution is -2.43. The lowest BCUT2D eigenvalue weighted by Gasteiger charge is -2.44. The molecule has 0 saturated carbocycles. The van der Waals surface area contributed by atoms with Crippen molar-refractivity contribution in [1.29, 1.82) is 0 Å². The van der Waals surface area contributed by atoms with Gasteiger partial charge >= 0.3 is 5.97 Å². The average molecular weight is 542 g/mol. The minimum Gasteiger partial charge on any atom is -0.465 e. The first-order chi connectivity index (χ1) is 15.3. The van der Waals surface area contributed by atoms with Gasteiger partial charge in [0.2, 0.25) is 0 Å². The largest absolute Gasteiger partial charge is 0.465 e. The van der Waals surface area contributed by atoms with Crippen molar-refractivity contribution in [3.05, 3.63) is 35.9 Å². The monoisotopic (exact) mass is 540 g/mol. The molecule has 1 aromatic rings. The number of ether oxygens (including phenoxy) is 3. The molecule has 0 aliphatic heterocycles. The van der Waals surface area contributed by atoms with Crippen LogP contribution in [-0.4, -0.2) is 41.8 Å². The number of rotatable bonds is 14. The van der Waals surface area contributed by atoms with Gasteiger partial charge in [0.1, 0.15) is 0 Å². The van der Waals surface area contributed by atoms with Gasteiger partial charge in [0.05, 0.1) is 29.8 Å². The van der Waals surface area contributed by atoms with E-state index in [1.165, 1.54) is 5.56 Å². The molecule has 0 saturated heterocycles. The van der Waals surface area contributed by atoms with Crippen molar-refractivity contribution in [2.75, 3.05) is 20.3 Å². The van der Waals surface area contributed by atoms with Gasteiger partial charge in [-0.3, -0.25) is 4.79 Å². The first kappa shape index (κ1) is 31.1. The lowest BCUT2D eigenvalue weighted by atomic mass is 9.62. The van der Waals surface area contributed by atoms with Crippen LogP contribution in [0.4, 0.5) is 0 Å². The normalized spacial score (nSPS) is 14.7. The Balaban J connectivity index is 2.77. The van der Waals surface area contributed by atoms with E-state index in [0.717, 1.165) is 12.8 Å². The van der Waals surface area contributed by atoms with E-state index in [4.69, 9.17) is 14.2 Å². The Morgan fingerprint density at radius 1 is 0.853 bits per heavy atom. The SMILES string of the molecule is COC(C)(C)CCOC(C)(C)CCOC(=O)C(C)(C)C(C)(C)CC(c1ccccc1)C(C)(C)Br. The summed E-state index contributed by atoms with van der Waals surface area (Å²) in [6.45, 7) is 21.9. The maximum Gasteiger partial charge on any atom is 0.312 e. The molecule has 4 nitrogen and oxygen atoms in total. The van der Waals surface area contributed by atoms with E-state index >= 15 is 0 Å². The molecule has 0 N–H and O–H groups in total. The topological polar surface area (TPSA) is 44.8 Å². The van der Waals surface area contributed by atoms with Gasteiger partial charge < -0.3 is 14.2 Å². The molecule has 1 unspecified atom stereocenters. The molecule has 0 aromatic heterocycles. The van der Waals surface area contributed by atoms with Gasteiger partial charge in [0.15, 0.2) is 0 Å². The summed E-state index contributed by atoms with van der Waals surface area (Å²) >= 11 is 3.90. The zero-order valence-electron chi connectivity index (χ0n) is 23.5. The Labute approximate surface area is 217 Å². The molecule has 0 heterocycles. The summed E-state index contributed by atoms with van der Waals surface area (Å²) in [5.41, 5.74) is -0.238. The van der Waals surface area contributed by atoms with Crippen LogP contribution in [0.15, 0.2) is 30.3 Å². The van der Waals surface area contributed by atoms with Gasteiger partial charge in [-0.25, -0.2) is 0 Å². The van der Waals surface area contributed by atoms with Gasteiger partial charge in [-0.1, -0.05) is 60.1 Å². The number of benzene rings is 1. The van der Waals surface area contributed by atoms with Crippen LogP contribution >= 0.6 is 15.9 Å². The minimum atomic E-state index is -0.647. The number of halogens is 1. The summed E-state index contributed by atoms with van der Waals surface area (Å²) in [6.07, 6.45) is 2.30. The Bertz CT molecular complexity index is 760. The Morgan fingerprint density at radius 3 is 1.88 bits per heavy atom. The van der Waals surface area contributed by atoms with Gasteiger partial charge in [0, 0.05) is 17.9 Å². The molecular weight excluding hydrogens is 492 g/mol. The second kappa shape index (κ2) is 11.9. The second-order valence-electron chi connectivity index (χ2n) is 12.4. The van der Waals surface area contributed by atoms with Crippen LogP contribution in [-0.2, 0) is 19.0 Å². The zero-order chi connectivity index (χ0) is 26.4. The maximum atomic E-state index is 13.3. The van der Waals surface area contributed by atoms with Gasteiger partial charge in [-0.2, -0.15) is 0 Å². The summed E-state index contributed by atoms with van der Waals surface area (Å²) in [4.78, 5) is 13.3. The van der Waals surface area contributed by atoms with Gasteiger partial charge in [-0.15, -0.1) is 0 Å². The third-order valence-corrected chi connectivity index (χ3v) is 8.19. The fraction of sp³-hybridized carbons (Fsp3) is 0.759. The van der Waals surface area contributed by atoms with Crippen LogP contribution in [0.5, 0.6) is 0 Å². The predicted molar refractivity (Wildman–Crippen MR) is 146 cm³/mol. The summed E-state index contributed by atoms with van der Waals surface area (Å²) in [7, 11) is 1.72. The molecule has 0 aliphatic rings. The van der Waals surface area contributed by atoms with Crippen molar-refractivity contribution >= 4 is 21.9 Å². The maximum absolute atomic E-state index is 13.3. The molecule has 0 spiro atoms. The standard InChI is InChI=1S/C29H49BrO4/c1-25(2,21-23(29(9,10)30)22-15-13-12-14-16-22)28(7,8)24(31)33-19-17-27(5,6)34-20-18-26(3,4)32-11/h12-16,23H,17-21H2,1-11H3. The summed E-state index contributed by atoms with van der Waals surface area (Å²) in [5, 5.41) is 0. The molecule has 0 aliphatic carbocycles. The Hall–Kier alpha value is -0.910. The van der Waals surface area contributed by atoms with Gasteiger partial charge in [0.25, 0.3) is 0 Å². The van der Waals surface area contributed by atoms with Crippen LogP contribution in [0.2, 0.25) is 0 Å². The highest BCUT2D eigenvalue weighted by atomic mass is 79.9. The molecule has 196 valence electrons. The van der Waals surface area contributed by atoms with E-state index in [-0.39, 0.29) is 32.8 Å². The molecule has 5 heteroatoms. The van der Waals surface area contributed by atoms with E-state index in [1.54, 1.807) is 7.11 Å². The summed E-state index contributed by atoms with van der Waals surface area (Å²) in [5.74, 6) is 0.0902. The number of hydrogen-bond acceptors (Lipinski definition) is 4. The van der Waals surface area contributed by atoms with Crippen LogP contribution in [0, 0.1) is 10.8 Å². The zero-order valence-corrected chi connectivity index (χ0v) is 25.1. The Kier molecular flexibility index (Phi) is 10.9. The molecule has 0 fully saturated rings. The highest BCUT2D eigenvalue weighted by Gasteiger charge is 2.47. The van der Waals surface area contributed by atoms with Crippen LogP contribution in [0.25, 0.3) is 0 Å². The predicted octanol–water partition coefficient (Wildman–Crippen LogP) is 7.93. The smallest absolute Gasteiger partial charge is 0.312 e. The molecule has 1 atom stereocenters. The van der Waals surface area contributed by atoms with E-state index in [0.29, 0.717) is 19.6 Å². The van der Waals surface area contributed by atoms with Crippen molar-refractivity contribution in [1.82, 2.24) is 0 Å². The minimum absolute atomic E-state index is 0.107. The number of esters is 1. The van der Waals surface area contributed by atoms with E-state index in [1.807, 2.05) is 47.6 Å². The van der Waals surface area contributed by atoms with Crippen LogP contribution in [0.1, 0.15) is 100.0 Å². The Morgan fingerprint density at radius 2 is 1.38 bits per heavy atom. The average Bonchev–Trinajstić information content (AvgIpc) is 2.71. The molecule has 0 amide bonds. The number of carbonyl (C=O) groups is 1. The first-order valence-electron chi connectivity index (χ1n) is 12.4.